The lowest BCUT2D eigenvalue weighted by Gasteiger charge is -2.08. The lowest BCUT2D eigenvalue weighted by Crippen LogP contribution is -1.99. The number of aryl methyl sites for hydroxylation is 2. The van der Waals surface area contributed by atoms with Crippen LogP contribution in [0, 0.1) is 0 Å². The van der Waals surface area contributed by atoms with E-state index in [-0.39, 0.29) is 0 Å². The molecule has 1 aliphatic carbocycles. The number of hydrogen-bond acceptors (Lipinski definition) is 2. The van der Waals surface area contributed by atoms with Crippen LogP contribution in [0.2, 0.25) is 0 Å². The molecule has 0 bridgehead atoms. The van der Waals surface area contributed by atoms with Gasteiger partial charge in [-0.2, -0.15) is 0 Å². The molecule has 114 valence electrons. The van der Waals surface area contributed by atoms with E-state index in [2.05, 4.69) is 28.5 Å². The third-order valence-corrected chi connectivity index (χ3v) is 5.52. The van der Waals surface area contributed by atoms with E-state index in [0.717, 1.165) is 17.1 Å². The second kappa shape index (κ2) is 5.43. The normalized spacial score (nSPS) is 19.6. The summed E-state index contributed by atoms with van der Waals surface area (Å²) < 4.78 is 11.7. The zero-order chi connectivity index (χ0) is 15.1. The lowest BCUT2D eigenvalue weighted by atomic mass is 9.98. The fraction of sp³-hybridized carbons (Fsp3) is 0.333. The van der Waals surface area contributed by atoms with E-state index in [1.54, 1.807) is 6.26 Å². The van der Waals surface area contributed by atoms with E-state index in [4.69, 9.17) is 0 Å². The molecule has 0 fully saturated rings. The fourth-order valence-corrected chi connectivity index (χ4v) is 3.97. The summed E-state index contributed by atoms with van der Waals surface area (Å²) in [7, 11) is -0.940. The molecule has 1 aliphatic heterocycles. The molecule has 2 heterocycles. The first-order valence-corrected chi connectivity index (χ1v) is 9.39. The molecule has 2 aliphatic rings. The number of benzene rings is 1. The summed E-state index contributed by atoms with van der Waals surface area (Å²) in [6.07, 6.45) is 8.93. The Balaban J connectivity index is 1.71. The van der Waals surface area contributed by atoms with E-state index in [1.807, 2.05) is 12.1 Å². The number of anilines is 1. The van der Waals surface area contributed by atoms with Crippen LogP contribution in [0.5, 0.6) is 0 Å². The summed E-state index contributed by atoms with van der Waals surface area (Å²) in [6, 6.07) is 8.33. The molecule has 0 amide bonds. The van der Waals surface area contributed by atoms with Gasteiger partial charge in [0.1, 0.15) is 0 Å². The average molecular weight is 312 g/mol. The van der Waals surface area contributed by atoms with E-state index in [0.29, 0.717) is 0 Å². The van der Waals surface area contributed by atoms with Crippen molar-refractivity contribution in [2.45, 2.75) is 30.6 Å². The molecular weight excluding hydrogens is 292 g/mol. The van der Waals surface area contributed by atoms with Gasteiger partial charge in [0, 0.05) is 51.1 Å². The van der Waals surface area contributed by atoms with E-state index in [1.165, 1.54) is 53.8 Å². The Morgan fingerprint density at radius 2 is 2.05 bits per heavy atom. The van der Waals surface area contributed by atoms with Crippen LogP contribution in [-0.2, 0) is 23.6 Å². The van der Waals surface area contributed by atoms with E-state index < -0.39 is 10.8 Å². The van der Waals surface area contributed by atoms with Crippen LogP contribution in [-0.4, -0.2) is 22.0 Å². The minimum atomic E-state index is -0.940. The molecule has 4 heteroatoms. The van der Waals surface area contributed by atoms with Crippen molar-refractivity contribution < 1.29 is 4.21 Å². The Morgan fingerprint density at radius 3 is 2.86 bits per heavy atom. The van der Waals surface area contributed by atoms with Crippen LogP contribution in [0.4, 0.5) is 5.69 Å². The number of nitrogens with one attached hydrogen (secondary N) is 2. The highest BCUT2D eigenvalue weighted by atomic mass is 32.2. The summed E-state index contributed by atoms with van der Waals surface area (Å²) in [6.45, 7) is 0.832. The Hall–Kier alpha value is -1.81. The van der Waals surface area contributed by atoms with Gasteiger partial charge in [-0.15, -0.1) is 0 Å². The SMILES string of the molecule is CS(=O)c1ccc2c(c1)C(=Cc1cc3c([nH]1)CCCC3)CN2. The summed E-state index contributed by atoms with van der Waals surface area (Å²) >= 11 is 0. The molecule has 0 saturated carbocycles. The standard InChI is InChI=1S/C18H20N2OS/c1-22(21)15-6-7-18-16(10-15)13(11-19-18)9-14-8-12-4-2-3-5-17(12)20-14/h6-10,19-20H,2-5,11H2,1H3. The van der Waals surface area contributed by atoms with Crippen LogP contribution >= 0.6 is 0 Å². The predicted molar refractivity (Wildman–Crippen MR) is 92.6 cm³/mol. The summed E-state index contributed by atoms with van der Waals surface area (Å²) in [5, 5.41) is 3.42. The zero-order valence-corrected chi connectivity index (χ0v) is 13.6. The van der Waals surface area contributed by atoms with Crippen molar-refractivity contribution in [3.8, 4) is 0 Å². The molecule has 1 unspecified atom stereocenters. The van der Waals surface area contributed by atoms with Crippen LogP contribution in [0.3, 0.4) is 0 Å². The molecule has 4 rings (SSSR count). The number of aromatic amines is 1. The van der Waals surface area contributed by atoms with Crippen molar-refractivity contribution in [3.63, 3.8) is 0 Å². The number of rotatable bonds is 2. The highest BCUT2D eigenvalue weighted by molar-refractivity contribution is 7.84. The fourth-order valence-electron chi connectivity index (χ4n) is 3.43. The molecule has 1 aromatic heterocycles. The first-order valence-electron chi connectivity index (χ1n) is 7.84. The van der Waals surface area contributed by atoms with Gasteiger partial charge >= 0.3 is 0 Å². The van der Waals surface area contributed by atoms with Gasteiger partial charge in [-0.1, -0.05) is 0 Å². The molecule has 1 aromatic carbocycles. The van der Waals surface area contributed by atoms with Gasteiger partial charge in [-0.25, -0.2) is 0 Å². The van der Waals surface area contributed by atoms with Crippen molar-refractivity contribution in [2.75, 3.05) is 18.1 Å². The average Bonchev–Trinajstić information content (AvgIpc) is 3.10. The smallest absolute Gasteiger partial charge is 0.0498 e. The summed E-state index contributed by atoms with van der Waals surface area (Å²) in [5.41, 5.74) is 7.66. The van der Waals surface area contributed by atoms with Gasteiger partial charge in [0.15, 0.2) is 0 Å². The maximum atomic E-state index is 11.7. The second-order valence-corrected chi connectivity index (χ2v) is 7.50. The van der Waals surface area contributed by atoms with E-state index in [9.17, 15) is 4.21 Å². The van der Waals surface area contributed by atoms with Crippen molar-refractivity contribution in [2.24, 2.45) is 0 Å². The number of fused-ring (bicyclic) bond motifs is 2. The number of H-pyrrole nitrogens is 1. The monoisotopic (exact) mass is 312 g/mol. The summed E-state index contributed by atoms with van der Waals surface area (Å²) in [5.74, 6) is 0. The maximum Gasteiger partial charge on any atom is 0.0498 e. The Labute approximate surface area is 133 Å². The first kappa shape index (κ1) is 13.8. The molecule has 1 atom stereocenters. The van der Waals surface area contributed by atoms with Crippen molar-refractivity contribution >= 4 is 28.1 Å². The predicted octanol–water partition coefficient (Wildman–Crippen LogP) is 3.60. The molecule has 0 saturated heterocycles. The topological polar surface area (TPSA) is 44.9 Å². The minimum Gasteiger partial charge on any atom is -0.380 e. The van der Waals surface area contributed by atoms with Gasteiger partial charge in [0.05, 0.1) is 0 Å². The van der Waals surface area contributed by atoms with Crippen LogP contribution in [0.25, 0.3) is 11.6 Å². The van der Waals surface area contributed by atoms with Crippen molar-refractivity contribution in [1.29, 1.82) is 0 Å². The van der Waals surface area contributed by atoms with Gasteiger partial charge in [-0.05, 0) is 67.2 Å². The highest BCUT2D eigenvalue weighted by Gasteiger charge is 2.18. The molecule has 0 spiro atoms. The molecule has 2 N–H and O–H groups in total. The largest absolute Gasteiger partial charge is 0.380 e. The third-order valence-electron chi connectivity index (χ3n) is 4.60. The molecule has 2 aromatic rings. The lowest BCUT2D eigenvalue weighted by molar-refractivity contribution is 0.677. The maximum absolute atomic E-state index is 11.7. The summed E-state index contributed by atoms with van der Waals surface area (Å²) in [4.78, 5) is 4.45. The Morgan fingerprint density at radius 1 is 1.18 bits per heavy atom. The number of aromatic nitrogens is 1. The number of hydrogen-bond donors (Lipinski definition) is 2. The van der Waals surface area contributed by atoms with Gasteiger partial charge in [0.2, 0.25) is 0 Å². The second-order valence-electron chi connectivity index (χ2n) is 6.12. The third kappa shape index (κ3) is 2.41. The van der Waals surface area contributed by atoms with Crippen molar-refractivity contribution in [3.05, 3.63) is 46.8 Å². The molecule has 3 nitrogen and oxygen atoms in total. The quantitative estimate of drug-likeness (QED) is 0.890. The Kier molecular flexibility index (Phi) is 3.41. The van der Waals surface area contributed by atoms with Crippen LogP contribution in [0.1, 0.15) is 35.4 Å². The molecular formula is C18H20N2OS. The van der Waals surface area contributed by atoms with Gasteiger partial charge in [-0.3, -0.25) is 4.21 Å². The molecule has 22 heavy (non-hydrogen) atoms. The highest BCUT2D eigenvalue weighted by Crippen LogP contribution is 2.34. The van der Waals surface area contributed by atoms with Crippen LogP contribution in [0.15, 0.2) is 29.2 Å². The first-order chi connectivity index (χ1) is 10.7. The minimum absolute atomic E-state index is 0.832. The Bertz CT molecular complexity index is 765. The van der Waals surface area contributed by atoms with Crippen LogP contribution < -0.4 is 5.32 Å². The zero-order valence-electron chi connectivity index (χ0n) is 12.7. The van der Waals surface area contributed by atoms with E-state index >= 15 is 0 Å². The van der Waals surface area contributed by atoms with Gasteiger partial charge < -0.3 is 10.3 Å². The van der Waals surface area contributed by atoms with Crippen molar-refractivity contribution in [1.82, 2.24) is 4.98 Å². The molecule has 0 radical (unpaired) electrons. The van der Waals surface area contributed by atoms with Gasteiger partial charge in [0.25, 0.3) is 0 Å².